The summed E-state index contributed by atoms with van der Waals surface area (Å²) in [5.41, 5.74) is 2.12. The molecule has 0 atom stereocenters. The highest BCUT2D eigenvalue weighted by Gasteiger charge is 2.19. The zero-order valence-electron chi connectivity index (χ0n) is 16.1. The number of likely N-dealkylation sites (tertiary alicyclic amines) is 1. The molecule has 2 aromatic carbocycles. The summed E-state index contributed by atoms with van der Waals surface area (Å²) in [6.45, 7) is 0.411. The minimum atomic E-state index is -2.99. The molecule has 1 heterocycles. The van der Waals surface area contributed by atoms with Crippen LogP contribution < -0.4 is 15.4 Å². The summed E-state index contributed by atoms with van der Waals surface area (Å²) in [5.74, 6) is -0.115. The Labute approximate surface area is 167 Å². The number of hydrogen-bond donors (Lipinski definition) is 2. The maximum absolute atomic E-state index is 12.6. The highest BCUT2D eigenvalue weighted by atomic mass is 19.3. The van der Waals surface area contributed by atoms with Crippen molar-refractivity contribution in [2.45, 2.75) is 32.9 Å². The standard InChI is InChI=1S/C21H23F2N3O3/c1-14-6-4-9-17(29-20(22)23)18(14)25-21(28)24-13-15-7-5-8-16(12-15)19(27)26-10-2-3-11-26/h4-9,12,20H,2-3,10-11,13H2,1H3,(H2,24,25,28). The van der Waals surface area contributed by atoms with Crippen LogP contribution in [0.1, 0.15) is 34.3 Å². The number of halogens is 2. The van der Waals surface area contributed by atoms with Crippen LogP contribution in [0.25, 0.3) is 0 Å². The molecule has 6 nitrogen and oxygen atoms in total. The monoisotopic (exact) mass is 403 g/mol. The molecule has 0 aliphatic carbocycles. The largest absolute Gasteiger partial charge is 0.433 e. The normalized spacial score (nSPS) is 13.4. The second kappa shape index (κ2) is 9.36. The first kappa shape index (κ1) is 20.6. The zero-order valence-corrected chi connectivity index (χ0v) is 16.1. The van der Waals surface area contributed by atoms with Crippen molar-refractivity contribution in [3.05, 3.63) is 59.2 Å². The number of alkyl halides is 2. The van der Waals surface area contributed by atoms with Crippen LogP contribution in [-0.4, -0.2) is 36.5 Å². The molecule has 0 bridgehead atoms. The predicted molar refractivity (Wildman–Crippen MR) is 105 cm³/mol. The molecule has 3 rings (SSSR count). The molecule has 154 valence electrons. The quantitative estimate of drug-likeness (QED) is 0.761. The SMILES string of the molecule is Cc1cccc(OC(F)F)c1NC(=O)NCc1cccc(C(=O)N2CCCC2)c1. The molecule has 29 heavy (non-hydrogen) atoms. The van der Waals surface area contributed by atoms with Gasteiger partial charge < -0.3 is 20.3 Å². The van der Waals surface area contributed by atoms with E-state index in [4.69, 9.17) is 0 Å². The smallest absolute Gasteiger partial charge is 0.387 e. The summed E-state index contributed by atoms with van der Waals surface area (Å²) in [6.07, 6.45) is 2.03. The van der Waals surface area contributed by atoms with Crippen molar-refractivity contribution in [1.82, 2.24) is 10.2 Å². The lowest BCUT2D eigenvalue weighted by Gasteiger charge is -2.16. The second-order valence-corrected chi connectivity index (χ2v) is 6.83. The van der Waals surface area contributed by atoms with Gasteiger partial charge in [-0.2, -0.15) is 8.78 Å². The molecule has 1 fully saturated rings. The third-order valence-electron chi connectivity index (χ3n) is 4.71. The fraction of sp³-hybridized carbons (Fsp3) is 0.333. The van der Waals surface area contributed by atoms with Crippen molar-refractivity contribution in [3.8, 4) is 5.75 Å². The molecular formula is C21H23F2N3O3. The first-order valence-corrected chi connectivity index (χ1v) is 9.41. The summed E-state index contributed by atoms with van der Waals surface area (Å²) in [7, 11) is 0. The average Bonchev–Trinajstić information content (AvgIpc) is 3.23. The van der Waals surface area contributed by atoms with Crippen LogP contribution in [0.3, 0.4) is 0 Å². The van der Waals surface area contributed by atoms with Crippen LogP contribution >= 0.6 is 0 Å². The molecular weight excluding hydrogens is 380 g/mol. The van der Waals surface area contributed by atoms with E-state index in [0.29, 0.717) is 11.1 Å². The number of para-hydroxylation sites is 1. The van der Waals surface area contributed by atoms with Crippen molar-refractivity contribution in [1.29, 1.82) is 0 Å². The number of nitrogens with one attached hydrogen (secondary N) is 2. The fourth-order valence-electron chi connectivity index (χ4n) is 3.25. The van der Waals surface area contributed by atoms with Gasteiger partial charge in [-0.25, -0.2) is 4.79 Å². The molecule has 1 saturated heterocycles. The van der Waals surface area contributed by atoms with E-state index in [-0.39, 0.29) is 23.9 Å². The third-order valence-corrected chi connectivity index (χ3v) is 4.71. The lowest BCUT2D eigenvalue weighted by atomic mass is 10.1. The number of nitrogens with zero attached hydrogens (tertiary/aromatic N) is 1. The van der Waals surface area contributed by atoms with Crippen LogP contribution in [0.15, 0.2) is 42.5 Å². The van der Waals surface area contributed by atoms with Crippen molar-refractivity contribution < 1.29 is 23.1 Å². The number of aryl methyl sites for hydroxylation is 1. The van der Waals surface area contributed by atoms with E-state index in [2.05, 4.69) is 15.4 Å². The molecule has 0 unspecified atom stereocenters. The maximum atomic E-state index is 12.6. The molecule has 3 amide bonds. The van der Waals surface area contributed by atoms with E-state index in [1.54, 1.807) is 43.3 Å². The van der Waals surface area contributed by atoms with Crippen LogP contribution in [0.2, 0.25) is 0 Å². The van der Waals surface area contributed by atoms with Gasteiger partial charge in [0.25, 0.3) is 5.91 Å². The third kappa shape index (κ3) is 5.43. The first-order chi connectivity index (χ1) is 13.9. The Bertz CT molecular complexity index is 883. The topological polar surface area (TPSA) is 70.7 Å². The molecule has 0 saturated carbocycles. The summed E-state index contributed by atoms with van der Waals surface area (Å²) in [4.78, 5) is 26.6. The van der Waals surface area contributed by atoms with Gasteiger partial charge in [0.05, 0.1) is 5.69 Å². The Morgan fingerprint density at radius 2 is 1.86 bits per heavy atom. The summed E-state index contributed by atoms with van der Waals surface area (Å²) in [6, 6.07) is 11.1. The van der Waals surface area contributed by atoms with Gasteiger partial charge in [0.2, 0.25) is 0 Å². The van der Waals surface area contributed by atoms with E-state index < -0.39 is 12.6 Å². The number of carbonyl (C=O) groups excluding carboxylic acids is 2. The van der Waals surface area contributed by atoms with E-state index in [1.165, 1.54) is 6.07 Å². The number of rotatable bonds is 6. The number of anilines is 1. The van der Waals surface area contributed by atoms with Crippen molar-refractivity contribution in [3.63, 3.8) is 0 Å². The minimum absolute atomic E-state index is 0.0116. The van der Waals surface area contributed by atoms with Crippen molar-refractivity contribution in [2.75, 3.05) is 18.4 Å². The molecule has 1 aliphatic heterocycles. The Morgan fingerprint density at radius 3 is 2.59 bits per heavy atom. The number of urea groups is 1. The number of amides is 3. The van der Waals surface area contributed by atoms with Gasteiger partial charge in [-0.05, 0) is 49.1 Å². The molecule has 0 spiro atoms. The molecule has 2 aromatic rings. The molecule has 1 aliphatic rings. The summed E-state index contributed by atoms with van der Waals surface area (Å²) < 4.78 is 29.6. The Morgan fingerprint density at radius 1 is 1.14 bits per heavy atom. The molecule has 0 radical (unpaired) electrons. The summed E-state index contributed by atoms with van der Waals surface area (Å²) in [5, 5.41) is 5.23. The van der Waals surface area contributed by atoms with Gasteiger partial charge in [-0.1, -0.05) is 24.3 Å². The van der Waals surface area contributed by atoms with Crippen LogP contribution in [-0.2, 0) is 6.54 Å². The Kier molecular flexibility index (Phi) is 6.64. The predicted octanol–water partition coefficient (Wildman–Crippen LogP) is 4.15. The van der Waals surface area contributed by atoms with Gasteiger partial charge >= 0.3 is 12.6 Å². The van der Waals surface area contributed by atoms with E-state index in [0.717, 1.165) is 31.5 Å². The number of hydrogen-bond acceptors (Lipinski definition) is 3. The Hall–Kier alpha value is -3.16. The van der Waals surface area contributed by atoms with Gasteiger partial charge in [0.1, 0.15) is 5.75 Å². The zero-order chi connectivity index (χ0) is 20.8. The summed E-state index contributed by atoms with van der Waals surface area (Å²) >= 11 is 0. The van der Waals surface area contributed by atoms with Gasteiger partial charge in [-0.3, -0.25) is 4.79 Å². The van der Waals surface area contributed by atoms with Crippen LogP contribution in [0.5, 0.6) is 5.75 Å². The van der Waals surface area contributed by atoms with Gasteiger partial charge in [0.15, 0.2) is 0 Å². The lowest BCUT2D eigenvalue weighted by Crippen LogP contribution is -2.29. The van der Waals surface area contributed by atoms with Crippen LogP contribution in [0.4, 0.5) is 19.3 Å². The highest BCUT2D eigenvalue weighted by molar-refractivity contribution is 5.94. The van der Waals surface area contributed by atoms with E-state index in [9.17, 15) is 18.4 Å². The molecule has 0 aromatic heterocycles. The number of carbonyl (C=O) groups is 2. The Balaban J connectivity index is 1.62. The first-order valence-electron chi connectivity index (χ1n) is 9.41. The average molecular weight is 403 g/mol. The van der Waals surface area contributed by atoms with Crippen molar-refractivity contribution in [2.24, 2.45) is 0 Å². The molecule has 8 heteroatoms. The van der Waals surface area contributed by atoms with Gasteiger partial charge in [-0.15, -0.1) is 0 Å². The lowest BCUT2D eigenvalue weighted by molar-refractivity contribution is -0.0493. The number of benzene rings is 2. The van der Waals surface area contributed by atoms with Gasteiger partial charge in [0, 0.05) is 25.2 Å². The molecule has 2 N–H and O–H groups in total. The second-order valence-electron chi connectivity index (χ2n) is 6.83. The fourth-order valence-corrected chi connectivity index (χ4v) is 3.25. The number of ether oxygens (including phenoxy) is 1. The van der Waals surface area contributed by atoms with E-state index >= 15 is 0 Å². The highest BCUT2D eigenvalue weighted by Crippen LogP contribution is 2.29. The maximum Gasteiger partial charge on any atom is 0.387 e. The van der Waals surface area contributed by atoms with Crippen molar-refractivity contribution >= 4 is 17.6 Å². The van der Waals surface area contributed by atoms with Crippen LogP contribution in [0, 0.1) is 6.92 Å². The van der Waals surface area contributed by atoms with E-state index in [1.807, 2.05) is 4.90 Å². The minimum Gasteiger partial charge on any atom is -0.433 e.